The van der Waals surface area contributed by atoms with Crippen LogP contribution in [0.4, 0.5) is 0 Å². The van der Waals surface area contributed by atoms with E-state index in [2.05, 4.69) is 5.10 Å². The van der Waals surface area contributed by atoms with Crippen molar-refractivity contribution in [3.63, 3.8) is 0 Å². The third-order valence-corrected chi connectivity index (χ3v) is 3.26. The highest BCUT2D eigenvalue weighted by atomic mass is 35.5. The summed E-state index contributed by atoms with van der Waals surface area (Å²) >= 11 is 6.13. The Morgan fingerprint density at radius 1 is 1.24 bits per heavy atom. The molecule has 0 atom stereocenters. The summed E-state index contributed by atoms with van der Waals surface area (Å²) in [7, 11) is 0. The van der Waals surface area contributed by atoms with Crippen molar-refractivity contribution in [1.82, 2.24) is 9.78 Å². The molecule has 0 spiro atoms. The molecule has 0 unspecified atom stereocenters. The minimum Gasteiger partial charge on any atom is -0.298 e. The van der Waals surface area contributed by atoms with Crippen LogP contribution < -0.4 is 0 Å². The van der Waals surface area contributed by atoms with E-state index in [0.29, 0.717) is 16.4 Å². The van der Waals surface area contributed by atoms with Crippen LogP contribution in [-0.4, -0.2) is 16.1 Å². The van der Waals surface area contributed by atoms with Crippen molar-refractivity contribution in [1.29, 1.82) is 0 Å². The number of rotatable bonds is 2. The summed E-state index contributed by atoms with van der Waals surface area (Å²) in [5.74, 6) is 0. The van der Waals surface area contributed by atoms with Crippen LogP contribution in [0.2, 0.25) is 5.15 Å². The molecule has 88 valence electrons. The van der Waals surface area contributed by atoms with E-state index in [4.69, 9.17) is 11.6 Å². The van der Waals surface area contributed by atoms with E-state index in [9.17, 15) is 4.79 Å². The lowest BCUT2D eigenvalue weighted by Crippen LogP contribution is -1.98. The smallest absolute Gasteiger partial charge is 0.155 e. The van der Waals surface area contributed by atoms with Crippen molar-refractivity contribution in [2.45, 2.75) is 20.8 Å². The van der Waals surface area contributed by atoms with Crippen molar-refractivity contribution >= 4 is 17.9 Å². The van der Waals surface area contributed by atoms with Gasteiger partial charge in [0.15, 0.2) is 6.29 Å². The third-order valence-electron chi connectivity index (χ3n) is 2.90. The number of hydrogen-bond donors (Lipinski definition) is 0. The second kappa shape index (κ2) is 4.34. The maximum Gasteiger partial charge on any atom is 0.155 e. The van der Waals surface area contributed by atoms with Crippen LogP contribution in [0.1, 0.15) is 27.2 Å². The minimum absolute atomic E-state index is 0.362. The lowest BCUT2D eigenvalue weighted by Gasteiger charge is -2.06. The third kappa shape index (κ3) is 1.98. The number of hydrogen-bond acceptors (Lipinski definition) is 2. The van der Waals surface area contributed by atoms with Gasteiger partial charge >= 0.3 is 0 Å². The maximum atomic E-state index is 10.9. The molecule has 0 saturated heterocycles. The molecule has 0 fully saturated rings. The summed E-state index contributed by atoms with van der Waals surface area (Å²) in [6, 6.07) is 5.95. The largest absolute Gasteiger partial charge is 0.298 e. The molecule has 0 aliphatic rings. The van der Waals surface area contributed by atoms with Gasteiger partial charge in [-0.25, -0.2) is 4.68 Å². The zero-order chi connectivity index (χ0) is 12.6. The van der Waals surface area contributed by atoms with Gasteiger partial charge < -0.3 is 0 Å². The molecule has 0 aliphatic heterocycles. The summed E-state index contributed by atoms with van der Waals surface area (Å²) in [5, 5.41) is 4.64. The van der Waals surface area contributed by atoms with E-state index < -0.39 is 0 Å². The van der Waals surface area contributed by atoms with Gasteiger partial charge in [-0.2, -0.15) is 5.10 Å². The van der Waals surface area contributed by atoms with E-state index >= 15 is 0 Å². The number of carbonyl (C=O) groups is 1. The van der Waals surface area contributed by atoms with Gasteiger partial charge in [0, 0.05) is 0 Å². The molecule has 0 radical (unpaired) electrons. The van der Waals surface area contributed by atoms with Crippen LogP contribution in [0.25, 0.3) is 5.69 Å². The van der Waals surface area contributed by atoms with E-state index in [1.165, 1.54) is 11.1 Å². The van der Waals surface area contributed by atoms with Crippen molar-refractivity contribution in [2.24, 2.45) is 0 Å². The Morgan fingerprint density at radius 2 is 1.94 bits per heavy atom. The first-order valence-corrected chi connectivity index (χ1v) is 5.70. The molecule has 4 heteroatoms. The fourth-order valence-electron chi connectivity index (χ4n) is 1.67. The zero-order valence-corrected chi connectivity index (χ0v) is 10.7. The molecular weight excluding hydrogens is 236 g/mol. The summed E-state index contributed by atoms with van der Waals surface area (Å²) in [6.45, 7) is 5.85. The quantitative estimate of drug-likeness (QED) is 0.765. The number of nitrogens with zero attached hydrogens (tertiary/aromatic N) is 2. The van der Waals surface area contributed by atoms with Crippen molar-refractivity contribution in [3.05, 3.63) is 45.7 Å². The maximum absolute atomic E-state index is 10.9. The summed E-state index contributed by atoms with van der Waals surface area (Å²) in [4.78, 5) is 10.9. The molecule has 0 saturated carbocycles. The number of aromatic nitrogens is 2. The number of halogens is 1. The summed E-state index contributed by atoms with van der Waals surface area (Å²) < 4.78 is 1.59. The first-order valence-electron chi connectivity index (χ1n) is 5.32. The van der Waals surface area contributed by atoms with Crippen LogP contribution in [0.5, 0.6) is 0 Å². The second-order valence-electron chi connectivity index (χ2n) is 4.09. The van der Waals surface area contributed by atoms with Gasteiger partial charge in [-0.3, -0.25) is 4.79 Å². The summed E-state index contributed by atoms with van der Waals surface area (Å²) in [5.41, 5.74) is 4.34. The van der Waals surface area contributed by atoms with E-state index in [-0.39, 0.29) is 0 Å². The standard InChI is InChI=1S/C13H13ClN2O/c1-8-4-5-11(6-9(8)2)16-13(14)12(7-17)10(3)15-16/h4-7H,1-3H3. The Hall–Kier alpha value is -1.61. The fraction of sp³-hybridized carbons (Fsp3) is 0.231. The predicted octanol–water partition coefficient (Wildman–Crippen LogP) is 3.26. The van der Waals surface area contributed by atoms with Crippen molar-refractivity contribution < 1.29 is 4.79 Å². The van der Waals surface area contributed by atoms with Gasteiger partial charge in [0.2, 0.25) is 0 Å². The number of aryl methyl sites for hydroxylation is 3. The topological polar surface area (TPSA) is 34.9 Å². The zero-order valence-electron chi connectivity index (χ0n) is 9.99. The van der Waals surface area contributed by atoms with Crippen LogP contribution in [-0.2, 0) is 0 Å². The Kier molecular flexibility index (Phi) is 3.03. The number of carbonyl (C=O) groups excluding carboxylic acids is 1. The highest BCUT2D eigenvalue weighted by molar-refractivity contribution is 6.32. The SMILES string of the molecule is Cc1ccc(-n2nc(C)c(C=O)c2Cl)cc1C. The van der Waals surface area contributed by atoms with Gasteiger partial charge in [0.1, 0.15) is 5.15 Å². The minimum atomic E-state index is 0.362. The molecule has 2 rings (SSSR count). The fourth-order valence-corrected chi connectivity index (χ4v) is 1.99. The first-order chi connectivity index (χ1) is 8.04. The number of benzene rings is 1. The van der Waals surface area contributed by atoms with E-state index in [1.807, 2.05) is 32.0 Å². The molecule has 0 amide bonds. The molecule has 1 aromatic carbocycles. The average Bonchev–Trinajstić information content (AvgIpc) is 2.58. The molecule has 17 heavy (non-hydrogen) atoms. The van der Waals surface area contributed by atoms with Gasteiger partial charge in [0.25, 0.3) is 0 Å². The predicted molar refractivity (Wildman–Crippen MR) is 68.2 cm³/mol. The van der Waals surface area contributed by atoms with Gasteiger partial charge in [-0.15, -0.1) is 0 Å². The highest BCUT2D eigenvalue weighted by Gasteiger charge is 2.13. The lowest BCUT2D eigenvalue weighted by molar-refractivity contribution is 0.112. The monoisotopic (exact) mass is 248 g/mol. The molecular formula is C13H13ClN2O. The molecule has 0 bridgehead atoms. The van der Waals surface area contributed by atoms with Crippen molar-refractivity contribution in [2.75, 3.05) is 0 Å². The Balaban J connectivity index is 2.60. The normalized spacial score (nSPS) is 10.6. The van der Waals surface area contributed by atoms with Gasteiger partial charge in [0.05, 0.1) is 16.9 Å². The Morgan fingerprint density at radius 3 is 2.47 bits per heavy atom. The van der Waals surface area contributed by atoms with Crippen LogP contribution >= 0.6 is 11.6 Å². The molecule has 2 aromatic rings. The van der Waals surface area contributed by atoms with Gasteiger partial charge in [-0.1, -0.05) is 17.7 Å². The van der Waals surface area contributed by atoms with Crippen molar-refractivity contribution in [3.8, 4) is 5.69 Å². The molecule has 0 aliphatic carbocycles. The van der Waals surface area contributed by atoms with Crippen LogP contribution in [0.15, 0.2) is 18.2 Å². The lowest BCUT2D eigenvalue weighted by atomic mass is 10.1. The molecule has 1 heterocycles. The highest BCUT2D eigenvalue weighted by Crippen LogP contribution is 2.23. The van der Waals surface area contributed by atoms with Crippen LogP contribution in [0, 0.1) is 20.8 Å². The van der Waals surface area contributed by atoms with E-state index in [0.717, 1.165) is 12.0 Å². The van der Waals surface area contributed by atoms with Gasteiger partial charge in [-0.05, 0) is 44.0 Å². The van der Waals surface area contributed by atoms with Crippen LogP contribution in [0.3, 0.4) is 0 Å². The Bertz CT molecular complexity index is 587. The molecule has 1 aromatic heterocycles. The second-order valence-corrected chi connectivity index (χ2v) is 4.45. The summed E-state index contributed by atoms with van der Waals surface area (Å²) in [6.07, 6.45) is 0.738. The molecule has 0 N–H and O–H groups in total. The van der Waals surface area contributed by atoms with E-state index in [1.54, 1.807) is 11.6 Å². The first kappa shape index (κ1) is 11.9. The average molecular weight is 249 g/mol. The number of aldehydes is 1. The Labute approximate surface area is 105 Å². The molecule has 3 nitrogen and oxygen atoms in total.